The van der Waals surface area contributed by atoms with Gasteiger partial charge in [0.05, 0.1) is 7.11 Å². The molecule has 7 heteroatoms. The number of aryl methyl sites for hydroxylation is 1. The van der Waals surface area contributed by atoms with Crippen LogP contribution in [0, 0.1) is 0 Å². The van der Waals surface area contributed by atoms with Gasteiger partial charge >= 0.3 is 12.1 Å². The van der Waals surface area contributed by atoms with Crippen molar-refractivity contribution in [2.45, 2.75) is 19.0 Å². The molecule has 0 radical (unpaired) electrons. The fourth-order valence-corrected chi connectivity index (χ4v) is 1.40. The normalized spacial score (nSPS) is 12.1. The number of methoxy groups -OCH3 is 1. The van der Waals surface area contributed by atoms with Crippen LogP contribution >= 0.6 is 0 Å². The Morgan fingerprint density at radius 3 is 2.30 bits per heavy atom. The summed E-state index contributed by atoms with van der Waals surface area (Å²) in [6.07, 6.45) is -4.99. The predicted molar refractivity (Wildman–Crippen MR) is 65.3 cm³/mol. The van der Waals surface area contributed by atoms with Crippen molar-refractivity contribution in [2.24, 2.45) is 4.99 Å². The SMILES string of the molecule is COC(=O)C(=NC(=O)CCc1ccccc1)C(F)(F)F. The minimum atomic E-state index is -5.02. The van der Waals surface area contributed by atoms with Crippen molar-refractivity contribution in [2.75, 3.05) is 7.11 Å². The summed E-state index contributed by atoms with van der Waals surface area (Å²) >= 11 is 0. The molecule has 0 unspecified atom stereocenters. The molecule has 0 N–H and O–H groups in total. The Morgan fingerprint density at radius 1 is 1.20 bits per heavy atom. The Balaban J connectivity index is 2.74. The van der Waals surface area contributed by atoms with Gasteiger partial charge in [-0.15, -0.1) is 0 Å². The second-order valence-electron chi connectivity index (χ2n) is 3.83. The number of carbonyl (C=O) groups excluding carboxylic acids is 2. The third kappa shape index (κ3) is 4.83. The van der Waals surface area contributed by atoms with E-state index in [2.05, 4.69) is 9.73 Å². The van der Waals surface area contributed by atoms with Gasteiger partial charge < -0.3 is 4.74 Å². The molecule has 1 aromatic carbocycles. The molecule has 0 fully saturated rings. The molecule has 0 bridgehead atoms. The molecule has 0 aliphatic carbocycles. The second-order valence-corrected chi connectivity index (χ2v) is 3.83. The Kier molecular flexibility index (Phi) is 5.42. The summed E-state index contributed by atoms with van der Waals surface area (Å²) in [5.41, 5.74) is -1.04. The van der Waals surface area contributed by atoms with Crippen LogP contribution in [0.2, 0.25) is 0 Å². The van der Waals surface area contributed by atoms with Crippen molar-refractivity contribution in [1.82, 2.24) is 0 Å². The Morgan fingerprint density at radius 2 is 1.80 bits per heavy atom. The molecule has 1 amide bonds. The van der Waals surface area contributed by atoms with Crippen molar-refractivity contribution < 1.29 is 27.5 Å². The summed E-state index contributed by atoms with van der Waals surface area (Å²) in [5.74, 6) is -2.70. The van der Waals surface area contributed by atoms with Gasteiger partial charge in [0.2, 0.25) is 11.6 Å². The first kappa shape index (κ1) is 15.9. The van der Waals surface area contributed by atoms with Gasteiger partial charge in [-0.3, -0.25) is 4.79 Å². The highest BCUT2D eigenvalue weighted by atomic mass is 19.4. The lowest BCUT2D eigenvalue weighted by molar-refractivity contribution is -0.137. The third-order valence-electron chi connectivity index (χ3n) is 2.35. The van der Waals surface area contributed by atoms with Gasteiger partial charge in [0.15, 0.2) is 0 Å². The van der Waals surface area contributed by atoms with Crippen LogP contribution in [0.3, 0.4) is 0 Å². The Bertz CT molecular complexity index is 509. The second kappa shape index (κ2) is 6.83. The van der Waals surface area contributed by atoms with E-state index < -0.39 is 23.8 Å². The average molecular weight is 287 g/mol. The quantitative estimate of drug-likeness (QED) is 0.631. The first-order valence-electron chi connectivity index (χ1n) is 5.65. The molecule has 0 aliphatic heterocycles. The Labute approximate surface area is 113 Å². The predicted octanol–water partition coefficient (Wildman–Crippen LogP) is 2.32. The number of hydrogen-bond donors (Lipinski definition) is 0. The molecule has 108 valence electrons. The zero-order chi connectivity index (χ0) is 15.2. The van der Waals surface area contributed by atoms with E-state index in [0.717, 1.165) is 12.7 Å². The summed E-state index contributed by atoms with van der Waals surface area (Å²) in [5, 5.41) is 0. The first-order chi connectivity index (χ1) is 9.34. The number of alkyl halides is 3. The number of esters is 1. The van der Waals surface area contributed by atoms with E-state index in [4.69, 9.17) is 0 Å². The summed E-state index contributed by atoms with van der Waals surface area (Å²) in [6, 6.07) is 8.75. The lowest BCUT2D eigenvalue weighted by atomic mass is 10.1. The summed E-state index contributed by atoms with van der Waals surface area (Å²) in [7, 11) is 0.790. The van der Waals surface area contributed by atoms with Gasteiger partial charge in [-0.2, -0.15) is 13.2 Å². The van der Waals surface area contributed by atoms with Gasteiger partial charge in [-0.05, 0) is 12.0 Å². The maximum absolute atomic E-state index is 12.5. The van der Waals surface area contributed by atoms with Crippen molar-refractivity contribution >= 4 is 17.6 Å². The van der Waals surface area contributed by atoms with Crippen LogP contribution in [0.4, 0.5) is 13.2 Å². The molecule has 0 saturated heterocycles. The number of aliphatic imine (C=N–C) groups is 1. The highest BCUT2D eigenvalue weighted by molar-refractivity contribution is 6.40. The molecule has 0 aliphatic rings. The number of ether oxygens (including phenoxy) is 1. The van der Waals surface area contributed by atoms with Crippen LogP contribution in [0.1, 0.15) is 12.0 Å². The molecule has 4 nitrogen and oxygen atoms in total. The number of rotatable bonds is 4. The van der Waals surface area contributed by atoms with E-state index in [1.165, 1.54) is 0 Å². The topological polar surface area (TPSA) is 55.7 Å². The van der Waals surface area contributed by atoms with Crippen molar-refractivity contribution in [1.29, 1.82) is 0 Å². The van der Waals surface area contributed by atoms with Gasteiger partial charge in [0, 0.05) is 6.42 Å². The molecule has 20 heavy (non-hydrogen) atoms. The summed E-state index contributed by atoms with van der Waals surface area (Å²) in [4.78, 5) is 25.2. The number of hydrogen-bond acceptors (Lipinski definition) is 3. The smallest absolute Gasteiger partial charge is 0.440 e. The minimum Gasteiger partial charge on any atom is -0.464 e. The molecular weight excluding hydrogens is 275 g/mol. The molecule has 0 heterocycles. The number of benzene rings is 1. The summed E-state index contributed by atoms with van der Waals surface area (Å²) < 4.78 is 41.5. The highest BCUT2D eigenvalue weighted by Crippen LogP contribution is 2.18. The van der Waals surface area contributed by atoms with Crippen LogP contribution in [-0.2, 0) is 20.7 Å². The number of nitrogens with zero attached hydrogens (tertiary/aromatic N) is 1. The van der Waals surface area contributed by atoms with E-state index in [-0.39, 0.29) is 12.8 Å². The maximum Gasteiger partial charge on any atom is 0.440 e. The fraction of sp³-hybridized carbons (Fsp3) is 0.308. The van der Waals surface area contributed by atoms with Crippen LogP contribution in [0.15, 0.2) is 35.3 Å². The molecule has 0 saturated carbocycles. The monoisotopic (exact) mass is 287 g/mol. The Hall–Kier alpha value is -2.18. The van der Waals surface area contributed by atoms with Gasteiger partial charge in [-0.25, -0.2) is 9.79 Å². The first-order valence-corrected chi connectivity index (χ1v) is 5.65. The minimum absolute atomic E-state index is 0.222. The molecule has 1 aromatic rings. The molecule has 0 spiro atoms. The van der Waals surface area contributed by atoms with Gasteiger partial charge in [0.25, 0.3) is 0 Å². The summed E-state index contributed by atoms with van der Waals surface area (Å²) in [6.45, 7) is 0. The standard InChI is InChI=1S/C13H12F3NO3/c1-20-12(19)11(13(14,15)16)17-10(18)8-7-9-5-3-2-4-6-9/h2-6H,7-8H2,1H3. The number of halogens is 3. The molecule has 1 rings (SSSR count). The van der Waals surface area contributed by atoms with Gasteiger partial charge in [0.1, 0.15) is 0 Å². The van der Waals surface area contributed by atoms with Crippen LogP contribution in [-0.4, -0.2) is 30.9 Å². The van der Waals surface area contributed by atoms with Crippen LogP contribution in [0.25, 0.3) is 0 Å². The van der Waals surface area contributed by atoms with E-state index in [1.54, 1.807) is 30.3 Å². The fourth-order valence-electron chi connectivity index (χ4n) is 1.40. The van der Waals surface area contributed by atoms with Crippen molar-refractivity contribution in [3.63, 3.8) is 0 Å². The van der Waals surface area contributed by atoms with E-state index in [1.807, 2.05) is 0 Å². The molecule has 0 atom stereocenters. The molecule has 0 aromatic heterocycles. The number of amides is 1. The third-order valence-corrected chi connectivity index (χ3v) is 2.35. The zero-order valence-corrected chi connectivity index (χ0v) is 10.6. The van der Waals surface area contributed by atoms with Gasteiger partial charge in [-0.1, -0.05) is 30.3 Å². The van der Waals surface area contributed by atoms with E-state index in [0.29, 0.717) is 0 Å². The van der Waals surface area contributed by atoms with E-state index in [9.17, 15) is 22.8 Å². The van der Waals surface area contributed by atoms with E-state index >= 15 is 0 Å². The van der Waals surface area contributed by atoms with Crippen LogP contribution < -0.4 is 0 Å². The highest BCUT2D eigenvalue weighted by Gasteiger charge is 2.42. The lowest BCUT2D eigenvalue weighted by Gasteiger charge is -2.07. The van der Waals surface area contributed by atoms with Crippen LogP contribution in [0.5, 0.6) is 0 Å². The zero-order valence-electron chi connectivity index (χ0n) is 10.6. The largest absolute Gasteiger partial charge is 0.464 e. The van der Waals surface area contributed by atoms with Crippen molar-refractivity contribution in [3.8, 4) is 0 Å². The lowest BCUT2D eigenvalue weighted by Crippen LogP contribution is -2.33. The number of carbonyl (C=O) groups is 2. The molecular formula is C13H12F3NO3. The van der Waals surface area contributed by atoms with Crippen molar-refractivity contribution in [3.05, 3.63) is 35.9 Å². The average Bonchev–Trinajstić information content (AvgIpc) is 2.41. The maximum atomic E-state index is 12.5.